The molecule has 0 unspecified atom stereocenters. The normalized spacial score (nSPS) is 14.8. The first-order valence-electron chi connectivity index (χ1n) is 8.72. The summed E-state index contributed by atoms with van der Waals surface area (Å²) in [7, 11) is 0. The van der Waals surface area contributed by atoms with Crippen molar-refractivity contribution in [3.8, 4) is 0 Å². The van der Waals surface area contributed by atoms with Crippen molar-refractivity contribution >= 4 is 40.6 Å². The van der Waals surface area contributed by atoms with Crippen LogP contribution in [0.3, 0.4) is 0 Å². The molecule has 2 aromatic rings. The molecule has 1 aromatic carbocycles. The van der Waals surface area contributed by atoms with Crippen molar-refractivity contribution in [1.29, 1.82) is 0 Å². The van der Waals surface area contributed by atoms with Gasteiger partial charge in [0.05, 0.1) is 0 Å². The molecule has 1 N–H and O–H groups in total. The molecule has 1 aliphatic rings. The fraction of sp³-hybridized carbons (Fsp3) is 0.368. The number of urea groups is 1. The van der Waals surface area contributed by atoms with Crippen LogP contribution in [0.25, 0.3) is 0 Å². The van der Waals surface area contributed by atoms with E-state index >= 15 is 0 Å². The molecule has 0 bridgehead atoms. The first kappa shape index (κ1) is 18.7. The number of aryl methyl sites for hydroxylation is 1. The summed E-state index contributed by atoms with van der Waals surface area (Å²) in [5.74, 6) is 0.163. The Morgan fingerprint density at radius 3 is 2.50 bits per heavy atom. The molecule has 5 nitrogen and oxygen atoms in total. The van der Waals surface area contributed by atoms with Crippen LogP contribution in [0, 0.1) is 0 Å². The van der Waals surface area contributed by atoms with Gasteiger partial charge in [0.25, 0.3) is 0 Å². The van der Waals surface area contributed by atoms with Crippen molar-refractivity contribution in [3.63, 3.8) is 0 Å². The number of thiophene rings is 1. The second-order valence-corrected chi connectivity index (χ2v) is 7.51. The first-order valence-corrected chi connectivity index (χ1v) is 10.0. The largest absolute Gasteiger partial charge is 0.341 e. The number of carbonyl (C=O) groups is 2. The summed E-state index contributed by atoms with van der Waals surface area (Å²) in [6, 6.07) is 8.96. The van der Waals surface area contributed by atoms with Gasteiger partial charge in [0.1, 0.15) is 0 Å². The van der Waals surface area contributed by atoms with Gasteiger partial charge in [-0.3, -0.25) is 4.79 Å². The topological polar surface area (TPSA) is 52.7 Å². The summed E-state index contributed by atoms with van der Waals surface area (Å²) in [4.78, 5) is 28.5. The molecule has 1 saturated heterocycles. The average molecular weight is 392 g/mol. The molecule has 0 radical (unpaired) electrons. The number of carbonyl (C=O) groups excluding carboxylic acids is 2. The molecule has 3 rings (SSSR count). The van der Waals surface area contributed by atoms with Crippen LogP contribution in [-0.4, -0.2) is 47.9 Å². The third-order valence-corrected chi connectivity index (χ3v) is 5.42. The molecule has 7 heteroatoms. The van der Waals surface area contributed by atoms with Gasteiger partial charge in [0.2, 0.25) is 5.91 Å². The summed E-state index contributed by atoms with van der Waals surface area (Å²) >= 11 is 7.51. The smallest absolute Gasteiger partial charge is 0.321 e. The SMILES string of the molecule is O=C(CCc1ccsc1)N1CCCN(C(=O)Nc2ccc(Cl)cc2)CC1. The number of nitrogens with zero attached hydrogens (tertiary/aromatic N) is 2. The standard InChI is InChI=1S/C19H22ClN3O2S/c20-16-3-5-17(6-4-16)21-19(25)23-10-1-9-22(11-12-23)18(24)7-2-15-8-13-26-14-15/h3-6,8,13-14H,1-2,7,9-12H2,(H,21,25). The van der Waals surface area contributed by atoms with E-state index in [2.05, 4.69) is 16.8 Å². The Hall–Kier alpha value is -2.05. The van der Waals surface area contributed by atoms with E-state index in [1.807, 2.05) is 10.3 Å². The summed E-state index contributed by atoms with van der Waals surface area (Å²) < 4.78 is 0. The minimum Gasteiger partial charge on any atom is -0.341 e. The number of benzene rings is 1. The van der Waals surface area contributed by atoms with Gasteiger partial charge in [-0.1, -0.05) is 11.6 Å². The van der Waals surface area contributed by atoms with E-state index in [-0.39, 0.29) is 11.9 Å². The number of rotatable bonds is 4. The van der Waals surface area contributed by atoms with E-state index in [1.54, 1.807) is 40.5 Å². The molecular weight excluding hydrogens is 370 g/mol. The zero-order chi connectivity index (χ0) is 18.4. The highest BCUT2D eigenvalue weighted by Gasteiger charge is 2.22. The van der Waals surface area contributed by atoms with E-state index in [0.717, 1.165) is 12.8 Å². The monoisotopic (exact) mass is 391 g/mol. The number of hydrogen-bond acceptors (Lipinski definition) is 3. The zero-order valence-electron chi connectivity index (χ0n) is 14.5. The summed E-state index contributed by atoms with van der Waals surface area (Å²) in [5.41, 5.74) is 1.93. The Balaban J connectivity index is 1.48. The maximum atomic E-state index is 12.4. The molecule has 1 aliphatic heterocycles. The molecule has 138 valence electrons. The molecule has 1 aromatic heterocycles. The Morgan fingerprint density at radius 1 is 1.04 bits per heavy atom. The van der Waals surface area contributed by atoms with Crippen molar-refractivity contribution in [3.05, 3.63) is 51.7 Å². The predicted molar refractivity (Wildman–Crippen MR) is 106 cm³/mol. The van der Waals surface area contributed by atoms with Gasteiger partial charge in [0.15, 0.2) is 0 Å². The third kappa shape index (κ3) is 5.22. The fourth-order valence-electron chi connectivity index (χ4n) is 2.95. The van der Waals surface area contributed by atoms with E-state index in [9.17, 15) is 9.59 Å². The lowest BCUT2D eigenvalue weighted by Crippen LogP contribution is -2.39. The zero-order valence-corrected chi connectivity index (χ0v) is 16.1. The maximum Gasteiger partial charge on any atom is 0.321 e. The van der Waals surface area contributed by atoms with E-state index in [1.165, 1.54) is 5.56 Å². The summed E-state index contributed by atoms with van der Waals surface area (Å²) in [5, 5.41) is 7.63. The molecule has 0 spiro atoms. The summed E-state index contributed by atoms with van der Waals surface area (Å²) in [6.45, 7) is 2.47. The van der Waals surface area contributed by atoms with Gasteiger partial charge >= 0.3 is 6.03 Å². The third-order valence-electron chi connectivity index (χ3n) is 4.44. The first-order chi connectivity index (χ1) is 12.6. The van der Waals surface area contributed by atoms with Crippen LogP contribution in [0.1, 0.15) is 18.4 Å². The van der Waals surface area contributed by atoms with Crippen LogP contribution < -0.4 is 5.32 Å². The lowest BCUT2D eigenvalue weighted by molar-refractivity contribution is -0.131. The fourth-order valence-corrected chi connectivity index (χ4v) is 3.78. The van der Waals surface area contributed by atoms with Crippen molar-refractivity contribution in [2.24, 2.45) is 0 Å². The Bertz CT molecular complexity index is 734. The molecule has 0 aliphatic carbocycles. The van der Waals surface area contributed by atoms with Crippen LogP contribution in [0.15, 0.2) is 41.1 Å². The average Bonchev–Trinajstić information content (AvgIpc) is 3.04. The highest BCUT2D eigenvalue weighted by Crippen LogP contribution is 2.15. The van der Waals surface area contributed by atoms with Gasteiger partial charge in [-0.05, 0) is 59.5 Å². The highest BCUT2D eigenvalue weighted by molar-refractivity contribution is 7.07. The van der Waals surface area contributed by atoms with Crippen molar-refractivity contribution in [2.45, 2.75) is 19.3 Å². The molecule has 26 heavy (non-hydrogen) atoms. The second kappa shape index (κ2) is 9.05. The number of amides is 3. The number of nitrogens with one attached hydrogen (secondary N) is 1. The van der Waals surface area contributed by atoms with Crippen LogP contribution in [0.2, 0.25) is 5.02 Å². The minimum absolute atomic E-state index is 0.139. The van der Waals surface area contributed by atoms with Gasteiger partial charge in [-0.25, -0.2) is 4.79 Å². The van der Waals surface area contributed by atoms with Crippen molar-refractivity contribution in [2.75, 3.05) is 31.5 Å². The van der Waals surface area contributed by atoms with Crippen LogP contribution in [0.4, 0.5) is 10.5 Å². The van der Waals surface area contributed by atoms with Crippen molar-refractivity contribution < 1.29 is 9.59 Å². The van der Waals surface area contributed by atoms with Crippen LogP contribution >= 0.6 is 22.9 Å². The van der Waals surface area contributed by atoms with Gasteiger partial charge < -0.3 is 15.1 Å². The number of halogens is 1. The van der Waals surface area contributed by atoms with Gasteiger partial charge in [0, 0.05) is 43.3 Å². The maximum absolute atomic E-state index is 12.4. The Kier molecular flexibility index (Phi) is 6.52. The molecule has 1 fully saturated rings. The number of hydrogen-bond donors (Lipinski definition) is 1. The minimum atomic E-state index is -0.139. The Morgan fingerprint density at radius 2 is 1.77 bits per heavy atom. The van der Waals surface area contributed by atoms with Gasteiger partial charge in [-0.2, -0.15) is 11.3 Å². The van der Waals surface area contributed by atoms with Crippen LogP contribution in [-0.2, 0) is 11.2 Å². The Labute approximate surface area is 162 Å². The molecule has 0 atom stereocenters. The molecule has 3 amide bonds. The van der Waals surface area contributed by atoms with Gasteiger partial charge in [-0.15, -0.1) is 0 Å². The molecular formula is C19H22ClN3O2S. The lowest BCUT2D eigenvalue weighted by Gasteiger charge is -2.22. The van der Waals surface area contributed by atoms with E-state index in [0.29, 0.717) is 43.3 Å². The number of anilines is 1. The highest BCUT2D eigenvalue weighted by atomic mass is 35.5. The van der Waals surface area contributed by atoms with E-state index < -0.39 is 0 Å². The molecule has 2 heterocycles. The van der Waals surface area contributed by atoms with E-state index in [4.69, 9.17) is 11.6 Å². The van der Waals surface area contributed by atoms with Crippen LogP contribution in [0.5, 0.6) is 0 Å². The lowest BCUT2D eigenvalue weighted by atomic mass is 10.2. The quantitative estimate of drug-likeness (QED) is 0.852. The molecule has 0 saturated carbocycles. The summed E-state index contributed by atoms with van der Waals surface area (Å²) in [6.07, 6.45) is 2.09. The second-order valence-electron chi connectivity index (χ2n) is 6.29. The van der Waals surface area contributed by atoms with Crippen molar-refractivity contribution in [1.82, 2.24) is 9.80 Å². The predicted octanol–water partition coefficient (Wildman–Crippen LogP) is 4.10.